The monoisotopic (exact) mass is 271 g/mol. The Morgan fingerprint density at radius 3 is 2.55 bits per heavy atom. The van der Waals surface area contributed by atoms with E-state index in [2.05, 4.69) is 20.4 Å². The van der Waals surface area contributed by atoms with Gasteiger partial charge in [-0.2, -0.15) is 0 Å². The lowest BCUT2D eigenvalue weighted by molar-refractivity contribution is 0.0343. The van der Waals surface area contributed by atoms with Gasteiger partial charge in [0.1, 0.15) is 0 Å². The summed E-state index contributed by atoms with van der Waals surface area (Å²) in [4.78, 5) is 13.7. The van der Waals surface area contributed by atoms with Gasteiger partial charge in [0.25, 0.3) is 5.91 Å². The van der Waals surface area contributed by atoms with Crippen LogP contribution in [0.4, 0.5) is 0 Å². The second-order valence-corrected chi connectivity index (χ2v) is 6.23. The molecule has 2 aliphatic heterocycles. The maximum absolute atomic E-state index is 12.1. The highest BCUT2D eigenvalue weighted by Gasteiger charge is 2.35. The average Bonchev–Trinajstić information content (AvgIpc) is 2.64. The third-order valence-electron chi connectivity index (χ3n) is 3.82. The molecule has 0 spiro atoms. The molecule has 20 heavy (non-hydrogen) atoms. The highest BCUT2D eigenvalue weighted by atomic mass is 16.6. The number of hydrogen-bond donors (Lipinski definition) is 0. The predicted octanol–water partition coefficient (Wildman–Crippen LogP) is 1.51. The highest BCUT2D eigenvalue weighted by Crippen LogP contribution is 2.29. The number of carbonyl (C=O) groups is 1. The maximum Gasteiger partial charge on any atom is 0.493 e. The van der Waals surface area contributed by atoms with E-state index in [0.717, 1.165) is 16.7 Å². The molecule has 1 fully saturated rings. The third kappa shape index (κ3) is 2.07. The summed E-state index contributed by atoms with van der Waals surface area (Å²) in [5.41, 5.74) is 3.22. The van der Waals surface area contributed by atoms with Crippen LogP contribution in [-0.4, -0.2) is 38.2 Å². The Balaban J connectivity index is 1.88. The summed E-state index contributed by atoms with van der Waals surface area (Å²) in [6, 6.07) is 5.72. The van der Waals surface area contributed by atoms with Crippen LogP contribution in [0.2, 0.25) is 0 Å². The first-order valence-corrected chi connectivity index (χ1v) is 6.73. The van der Waals surface area contributed by atoms with Crippen molar-refractivity contribution in [3.63, 3.8) is 0 Å². The Morgan fingerprint density at radius 2 is 1.90 bits per heavy atom. The molecule has 0 bridgehead atoms. The molecule has 104 valence electrons. The van der Waals surface area contributed by atoms with Crippen LogP contribution in [0.5, 0.6) is 0 Å². The van der Waals surface area contributed by atoms with E-state index in [1.807, 2.05) is 18.2 Å². The summed E-state index contributed by atoms with van der Waals surface area (Å²) in [6.07, 6.45) is 0. The average molecular weight is 271 g/mol. The van der Waals surface area contributed by atoms with Gasteiger partial charge in [-0.05, 0) is 11.5 Å². The molecule has 3 rings (SSSR count). The Bertz CT molecular complexity index is 587. The zero-order valence-electron chi connectivity index (χ0n) is 12.1. The SMILES string of the molecule is C=C1c2ccc(B3OCC(C)(C)CO3)cc2C(=O)N1C. The molecule has 1 aromatic carbocycles. The van der Waals surface area contributed by atoms with Crippen molar-refractivity contribution in [2.75, 3.05) is 20.3 Å². The number of nitrogens with zero attached hydrogens (tertiary/aromatic N) is 1. The van der Waals surface area contributed by atoms with Crippen molar-refractivity contribution in [1.82, 2.24) is 4.90 Å². The molecule has 0 aliphatic carbocycles. The van der Waals surface area contributed by atoms with E-state index in [1.54, 1.807) is 11.9 Å². The van der Waals surface area contributed by atoms with Crippen LogP contribution in [0.1, 0.15) is 29.8 Å². The van der Waals surface area contributed by atoms with E-state index in [-0.39, 0.29) is 18.4 Å². The lowest BCUT2D eigenvalue weighted by atomic mass is 9.75. The topological polar surface area (TPSA) is 38.8 Å². The minimum Gasteiger partial charge on any atom is -0.407 e. The number of amides is 1. The molecule has 0 unspecified atom stereocenters. The van der Waals surface area contributed by atoms with Gasteiger partial charge >= 0.3 is 7.12 Å². The van der Waals surface area contributed by atoms with Crippen LogP contribution in [0.25, 0.3) is 5.70 Å². The number of benzene rings is 1. The Morgan fingerprint density at radius 1 is 1.25 bits per heavy atom. The van der Waals surface area contributed by atoms with Gasteiger partial charge in [0.2, 0.25) is 0 Å². The molecule has 5 heteroatoms. The van der Waals surface area contributed by atoms with Crippen molar-refractivity contribution in [3.8, 4) is 0 Å². The zero-order chi connectivity index (χ0) is 14.5. The van der Waals surface area contributed by atoms with Crippen LogP contribution >= 0.6 is 0 Å². The van der Waals surface area contributed by atoms with E-state index < -0.39 is 0 Å². The van der Waals surface area contributed by atoms with Crippen molar-refractivity contribution in [1.29, 1.82) is 0 Å². The predicted molar refractivity (Wildman–Crippen MR) is 78.6 cm³/mol. The van der Waals surface area contributed by atoms with Crippen molar-refractivity contribution in [3.05, 3.63) is 35.9 Å². The van der Waals surface area contributed by atoms with Gasteiger partial charge < -0.3 is 14.2 Å². The third-order valence-corrected chi connectivity index (χ3v) is 3.82. The van der Waals surface area contributed by atoms with E-state index in [4.69, 9.17) is 9.31 Å². The van der Waals surface area contributed by atoms with Crippen molar-refractivity contribution >= 4 is 24.2 Å². The smallest absolute Gasteiger partial charge is 0.407 e. The summed E-state index contributed by atoms with van der Waals surface area (Å²) >= 11 is 0. The first-order chi connectivity index (χ1) is 9.39. The lowest BCUT2D eigenvalue weighted by Gasteiger charge is -2.33. The van der Waals surface area contributed by atoms with Crippen LogP contribution in [0, 0.1) is 5.41 Å². The molecule has 2 aliphatic rings. The highest BCUT2D eigenvalue weighted by molar-refractivity contribution is 6.61. The molecule has 1 saturated heterocycles. The van der Waals surface area contributed by atoms with Gasteiger partial charge in [-0.1, -0.05) is 32.6 Å². The number of hydrogen-bond acceptors (Lipinski definition) is 3. The second kappa shape index (κ2) is 4.47. The molecule has 1 aromatic rings. The van der Waals surface area contributed by atoms with Crippen molar-refractivity contribution < 1.29 is 14.1 Å². The summed E-state index contributed by atoms with van der Waals surface area (Å²) < 4.78 is 11.5. The summed E-state index contributed by atoms with van der Waals surface area (Å²) in [5, 5.41) is 0. The minimum atomic E-state index is -0.389. The van der Waals surface area contributed by atoms with E-state index in [0.29, 0.717) is 18.8 Å². The van der Waals surface area contributed by atoms with Gasteiger partial charge in [-0.15, -0.1) is 0 Å². The summed E-state index contributed by atoms with van der Waals surface area (Å²) in [5.74, 6) is -0.0250. The number of fused-ring (bicyclic) bond motifs is 1. The molecular weight excluding hydrogens is 253 g/mol. The minimum absolute atomic E-state index is 0.0250. The maximum atomic E-state index is 12.1. The van der Waals surface area contributed by atoms with Gasteiger partial charge in [0, 0.05) is 42.5 Å². The first kappa shape index (κ1) is 13.4. The fraction of sp³-hybridized carbons (Fsp3) is 0.400. The first-order valence-electron chi connectivity index (χ1n) is 6.73. The van der Waals surface area contributed by atoms with E-state index >= 15 is 0 Å². The molecular formula is C15H18BNO3. The van der Waals surface area contributed by atoms with Gasteiger partial charge in [-0.25, -0.2) is 0 Å². The quantitative estimate of drug-likeness (QED) is 0.727. The molecule has 0 aromatic heterocycles. The second-order valence-electron chi connectivity index (χ2n) is 6.23. The molecule has 0 saturated carbocycles. The number of rotatable bonds is 1. The molecule has 0 radical (unpaired) electrons. The fourth-order valence-corrected chi connectivity index (χ4v) is 2.51. The number of carbonyl (C=O) groups excluding carboxylic acids is 1. The van der Waals surface area contributed by atoms with Gasteiger partial charge in [0.15, 0.2) is 0 Å². The van der Waals surface area contributed by atoms with Gasteiger partial charge in [0.05, 0.1) is 0 Å². The van der Waals surface area contributed by atoms with Crippen molar-refractivity contribution in [2.45, 2.75) is 13.8 Å². The Hall–Kier alpha value is -1.59. The molecule has 4 nitrogen and oxygen atoms in total. The summed E-state index contributed by atoms with van der Waals surface area (Å²) in [6.45, 7) is 9.44. The van der Waals surface area contributed by atoms with Crippen LogP contribution in [0.3, 0.4) is 0 Å². The van der Waals surface area contributed by atoms with E-state index in [9.17, 15) is 4.79 Å². The molecule has 0 atom stereocenters. The standard InChI is InChI=1S/C15H18BNO3/c1-10-12-6-5-11(7-13(12)14(18)17(10)4)16-19-8-15(2,3)9-20-16/h5-7H,1,8-9H2,2-4H3. The largest absolute Gasteiger partial charge is 0.493 e. The summed E-state index contributed by atoms with van der Waals surface area (Å²) in [7, 11) is 1.35. The fourth-order valence-electron chi connectivity index (χ4n) is 2.51. The zero-order valence-corrected chi connectivity index (χ0v) is 12.1. The normalized spacial score (nSPS) is 21.4. The van der Waals surface area contributed by atoms with Gasteiger partial charge in [-0.3, -0.25) is 4.79 Å². The van der Waals surface area contributed by atoms with Crippen molar-refractivity contribution in [2.24, 2.45) is 5.41 Å². The van der Waals surface area contributed by atoms with Crippen LogP contribution in [-0.2, 0) is 9.31 Å². The van der Waals surface area contributed by atoms with E-state index in [1.165, 1.54) is 0 Å². The molecule has 0 N–H and O–H groups in total. The molecule has 1 amide bonds. The molecule has 2 heterocycles. The Kier molecular flexibility index (Phi) is 2.99. The van der Waals surface area contributed by atoms with Crippen LogP contribution < -0.4 is 5.46 Å². The Labute approximate surface area is 119 Å². The lowest BCUT2D eigenvalue weighted by Crippen LogP contribution is -2.47. The van der Waals surface area contributed by atoms with Crippen LogP contribution in [0.15, 0.2) is 24.8 Å².